The molecule has 0 radical (unpaired) electrons. The van der Waals surface area contributed by atoms with Gasteiger partial charge in [-0.2, -0.15) is 0 Å². The van der Waals surface area contributed by atoms with Gasteiger partial charge in [0.15, 0.2) is 0 Å². The molecule has 1 heterocycles. The number of carbonyl (C=O) groups is 1. The van der Waals surface area contributed by atoms with E-state index in [-0.39, 0.29) is 4.90 Å². The fourth-order valence-corrected chi connectivity index (χ4v) is 3.71. The molecule has 0 aromatic heterocycles. The summed E-state index contributed by atoms with van der Waals surface area (Å²) in [5.41, 5.74) is -0.444. The summed E-state index contributed by atoms with van der Waals surface area (Å²) in [5.74, 6) is -0.792. The number of nitrogens with zero attached hydrogens (tertiary/aromatic N) is 1. The van der Waals surface area contributed by atoms with E-state index in [2.05, 4.69) is 0 Å². The number of carbonyl (C=O) groups excluding carboxylic acids is 1. The minimum atomic E-state index is -3.98. The summed E-state index contributed by atoms with van der Waals surface area (Å²) in [7, 11) is -2.80. The van der Waals surface area contributed by atoms with E-state index in [1.54, 1.807) is 42.5 Å². The number of methoxy groups -OCH3 is 1. The predicted octanol–water partition coefficient (Wildman–Crippen LogP) is 1.96. The van der Waals surface area contributed by atoms with Crippen LogP contribution in [0.1, 0.15) is 11.1 Å². The summed E-state index contributed by atoms with van der Waals surface area (Å²) < 4.78 is 30.8. The minimum absolute atomic E-state index is 0.0461. The van der Waals surface area contributed by atoms with Gasteiger partial charge in [-0.15, -0.1) is 0 Å². The number of ether oxygens (including phenoxy) is 1. The third kappa shape index (κ3) is 2.42. The topological polar surface area (TPSA) is 76.0 Å². The van der Waals surface area contributed by atoms with Gasteiger partial charge in [-0.1, -0.05) is 48.0 Å². The first-order chi connectivity index (χ1) is 10.9. The number of aryl methyl sites for hydroxylation is 1. The summed E-state index contributed by atoms with van der Waals surface area (Å²) in [5, 5.41) is 0. The summed E-state index contributed by atoms with van der Waals surface area (Å²) in [6, 6.07) is 14.7. The SMILES string of the molecule is COC(=O)[C@]1(c2ccccc2)ON1S(=O)(=O)c1ccc(C)cc1. The zero-order valence-electron chi connectivity index (χ0n) is 12.6. The Hall–Kier alpha value is -2.22. The number of benzene rings is 2. The zero-order chi connectivity index (χ0) is 16.7. The number of hydrogen-bond donors (Lipinski definition) is 0. The average molecular weight is 333 g/mol. The highest BCUT2D eigenvalue weighted by Gasteiger charge is 2.70. The molecule has 23 heavy (non-hydrogen) atoms. The molecule has 1 aliphatic heterocycles. The van der Waals surface area contributed by atoms with Crippen LogP contribution in [-0.4, -0.2) is 26.0 Å². The first kappa shape index (κ1) is 15.7. The Kier molecular flexibility index (Phi) is 3.71. The molecule has 1 fully saturated rings. The number of hydroxylamine groups is 1. The molecule has 2 aromatic rings. The van der Waals surface area contributed by atoms with E-state index in [9.17, 15) is 13.2 Å². The van der Waals surface area contributed by atoms with Crippen molar-refractivity contribution >= 4 is 16.0 Å². The van der Waals surface area contributed by atoms with Gasteiger partial charge in [-0.05, 0) is 23.5 Å². The molecule has 6 nitrogen and oxygen atoms in total. The molecule has 0 bridgehead atoms. The second-order valence-corrected chi connectivity index (χ2v) is 6.89. The molecule has 1 aliphatic rings. The van der Waals surface area contributed by atoms with Crippen LogP contribution in [0.5, 0.6) is 0 Å². The van der Waals surface area contributed by atoms with Gasteiger partial charge in [0.1, 0.15) is 0 Å². The van der Waals surface area contributed by atoms with Crippen LogP contribution in [0, 0.1) is 6.92 Å². The zero-order valence-corrected chi connectivity index (χ0v) is 13.4. The molecule has 2 aromatic carbocycles. The lowest BCUT2D eigenvalue weighted by Gasteiger charge is -2.10. The Morgan fingerprint density at radius 2 is 1.70 bits per heavy atom. The number of sulfonamides is 1. The molecule has 0 N–H and O–H groups in total. The van der Waals surface area contributed by atoms with Crippen molar-refractivity contribution in [1.29, 1.82) is 0 Å². The van der Waals surface area contributed by atoms with Crippen LogP contribution in [0.2, 0.25) is 0 Å². The first-order valence-corrected chi connectivity index (χ1v) is 8.32. The molecule has 1 saturated heterocycles. The maximum atomic E-state index is 12.7. The molecule has 2 atom stereocenters. The second kappa shape index (κ2) is 5.45. The molecule has 1 unspecified atom stereocenters. The standard InChI is InChI=1S/C16H15NO5S/c1-12-8-10-14(11-9-12)23(19,20)17-16(22-17,15(18)21-2)13-6-4-3-5-7-13/h3-11H,1-2H3/t16-,17?/m0/s1. The van der Waals surface area contributed by atoms with Crippen molar-refractivity contribution in [2.45, 2.75) is 17.5 Å². The number of rotatable bonds is 4. The van der Waals surface area contributed by atoms with E-state index in [1.165, 1.54) is 19.2 Å². The van der Waals surface area contributed by atoms with E-state index in [4.69, 9.17) is 9.57 Å². The highest BCUT2D eigenvalue weighted by molar-refractivity contribution is 7.89. The van der Waals surface area contributed by atoms with Crippen molar-refractivity contribution in [2.75, 3.05) is 7.11 Å². The van der Waals surface area contributed by atoms with Crippen LogP contribution < -0.4 is 0 Å². The Labute approximate surface area is 134 Å². The third-order valence-corrected chi connectivity index (χ3v) is 5.24. The highest BCUT2D eigenvalue weighted by Crippen LogP contribution is 2.49. The monoisotopic (exact) mass is 333 g/mol. The van der Waals surface area contributed by atoms with E-state index < -0.39 is 21.7 Å². The molecule has 0 amide bonds. The Morgan fingerprint density at radius 3 is 2.26 bits per heavy atom. The van der Waals surface area contributed by atoms with Crippen molar-refractivity contribution in [2.24, 2.45) is 0 Å². The summed E-state index contributed by atoms with van der Waals surface area (Å²) in [6.07, 6.45) is 0. The molecule has 7 heteroatoms. The second-order valence-electron chi connectivity index (χ2n) is 5.14. The smallest absolute Gasteiger partial charge is 0.364 e. The fraction of sp³-hybridized carbons (Fsp3) is 0.188. The normalized spacial score (nSPS) is 23.3. The summed E-state index contributed by atoms with van der Waals surface area (Å²) in [4.78, 5) is 17.5. The van der Waals surface area contributed by atoms with Gasteiger partial charge in [-0.3, -0.25) is 0 Å². The largest absolute Gasteiger partial charge is 0.465 e. The van der Waals surface area contributed by atoms with Crippen LogP contribution in [0.15, 0.2) is 59.5 Å². The number of esters is 1. The molecule has 0 aliphatic carbocycles. The number of hydrogen-bond acceptors (Lipinski definition) is 5. The average Bonchev–Trinajstić information content (AvgIpc) is 3.33. The van der Waals surface area contributed by atoms with Gasteiger partial charge in [0, 0.05) is 5.56 Å². The van der Waals surface area contributed by atoms with Gasteiger partial charge >= 0.3 is 11.7 Å². The van der Waals surface area contributed by atoms with Crippen molar-refractivity contribution in [3.8, 4) is 0 Å². The molecule has 120 valence electrons. The van der Waals surface area contributed by atoms with Crippen molar-refractivity contribution < 1.29 is 22.8 Å². The fourth-order valence-electron chi connectivity index (χ4n) is 2.31. The summed E-state index contributed by atoms with van der Waals surface area (Å²) in [6.45, 7) is 1.85. The van der Waals surface area contributed by atoms with Gasteiger partial charge in [-0.25, -0.2) is 18.0 Å². The van der Waals surface area contributed by atoms with Crippen molar-refractivity contribution in [1.82, 2.24) is 4.47 Å². The Balaban J connectivity index is 2.04. The van der Waals surface area contributed by atoms with Crippen LogP contribution in [0.3, 0.4) is 0 Å². The lowest BCUT2D eigenvalue weighted by molar-refractivity contribution is -0.147. The molecule has 0 saturated carbocycles. The first-order valence-electron chi connectivity index (χ1n) is 6.88. The lowest BCUT2D eigenvalue weighted by atomic mass is 10.1. The van der Waals surface area contributed by atoms with Gasteiger partial charge in [0.2, 0.25) is 0 Å². The quantitative estimate of drug-likeness (QED) is 0.631. The van der Waals surface area contributed by atoms with Crippen molar-refractivity contribution in [3.63, 3.8) is 0 Å². The third-order valence-electron chi connectivity index (χ3n) is 3.60. The van der Waals surface area contributed by atoms with E-state index in [0.717, 1.165) is 5.56 Å². The van der Waals surface area contributed by atoms with Crippen molar-refractivity contribution in [3.05, 3.63) is 65.7 Å². The van der Waals surface area contributed by atoms with E-state index in [1.807, 2.05) is 6.92 Å². The van der Waals surface area contributed by atoms with Crippen LogP contribution in [0.25, 0.3) is 0 Å². The molecular formula is C16H15NO5S. The lowest BCUT2D eigenvalue weighted by Crippen LogP contribution is -2.31. The minimum Gasteiger partial charge on any atom is -0.465 e. The van der Waals surface area contributed by atoms with Crippen LogP contribution >= 0.6 is 0 Å². The van der Waals surface area contributed by atoms with E-state index >= 15 is 0 Å². The maximum absolute atomic E-state index is 12.7. The van der Waals surface area contributed by atoms with E-state index in [0.29, 0.717) is 10.0 Å². The van der Waals surface area contributed by atoms with Gasteiger partial charge in [0.05, 0.1) is 12.0 Å². The Bertz CT molecular complexity index is 833. The molecular weight excluding hydrogens is 318 g/mol. The van der Waals surface area contributed by atoms with Crippen LogP contribution in [-0.2, 0) is 30.1 Å². The Morgan fingerprint density at radius 1 is 1.09 bits per heavy atom. The molecule has 0 spiro atoms. The molecule has 3 rings (SSSR count). The van der Waals surface area contributed by atoms with Gasteiger partial charge in [0.25, 0.3) is 10.0 Å². The highest BCUT2D eigenvalue weighted by atomic mass is 32.2. The van der Waals surface area contributed by atoms with Crippen LogP contribution in [0.4, 0.5) is 0 Å². The predicted molar refractivity (Wildman–Crippen MR) is 81.4 cm³/mol. The maximum Gasteiger partial charge on any atom is 0.364 e. The van der Waals surface area contributed by atoms with Gasteiger partial charge < -0.3 is 4.74 Å². The summed E-state index contributed by atoms with van der Waals surface area (Å²) >= 11 is 0.